The molecule has 2 rings (SSSR count). The zero-order chi connectivity index (χ0) is 13.8. The molecule has 0 aromatic heterocycles. The summed E-state index contributed by atoms with van der Waals surface area (Å²) in [5.41, 5.74) is 1.02. The summed E-state index contributed by atoms with van der Waals surface area (Å²) in [6.07, 6.45) is 2.11. The number of halogens is 1. The fourth-order valence-corrected chi connectivity index (χ4v) is 2.75. The van der Waals surface area contributed by atoms with E-state index >= 15 is 0 Å². The Morgan fingerprint density at radius 2 is 2.05 bits per heavy atom. The van der Waals surface area contributed by atoms with Gasteiger partial charge in [-0.15, -0.1) is 0 Å². The van der Waals surface area contributed by atoms with Crippen LogP contribution in [0, 0.1) is 11.7 Å². The maximum absolute atomic E-state index is 13.0. The van der Waals surface area contributed by atoms with Crippen LogP contribution in [-0.4, -0.2) is 25.0 Å². The Balaban J connectivity index is 2.10. The number of nitrogens with one attached hydrogen (secondary N) is 1. The third kappa shape index (κ3) is 3.69. The maximum Gasteiger partial charge on any atom is 0.217 e. The molecule has 0 saturated carbocycles. The Morgan fingerprint density at radius 3 is 2.63 bits per heavy atom. The van der Waals surface area contributed by atoms with Crippen LogP contribution in [0.3, 0.4) is 0 Å². The highest BCUT2D eigenvalue weighted by Gasteiger charge is 2.26. The van der Waals surface area contributed by atoms with Crippen LogP contribution in [0.5, 0.6) is 0 Å². The van der Waals surface area contributed by atoms with E-state index in [4.69, 9.17) is 0 Å². The van der Waals surface area contributed by atoms with Crippen molar-refractivity contribution in [3.8, 4) is 0 Å². The molecule has 1 aliphatic heterocycles. The van der Waals surface area contributed by atoms with E-state index in [1.165, 1.54) is 12.1 Å². The predicted octanol–water partition coefficient (Wildman–Crippen LogP) is 2.57. The minimum Gasteiger partial charge on any atom is -0.369 e. The number of hydrogen-bond acceptors (Lipinski definition) is 2. The molecule has 19 heavy (non-hydrogen) atoms. The lowest BCUT2D eigenvalue weighted by Crippen LogP contribution is -2.50. The van der Waals surface area contributed by atoms with Crippen molar-refractivity contribution in [2.45, 2.75) is 32.7 Å². The number of anilines is 1. The van der Waals surface area contributed by atoms with E-state index in [0.29, 0.717) is 5.92 Å². The number of benzene rings is 1. The van der Waals surface area contributed by atoms with Crippen LogP contribution in [0.15, 0.2) is 24.3 Å². The van der Waals surface area contributed by atoms with Crippen LogP contribution in [0.4, 0.5) is 10.1 Å². The van der Waals surface area contributed by atoms with E-state index in [-0.39, 0.29) is 17.8 Å². The molecular formula is C15H21FN2O. The first-order valence-corrected chi connectivity index (χ1v) is 6.86. The van der Waals surface area contributed by atoms with Gasteiger partial charge in [-0.1, -0.05) is 13.3 Å². The van der Waals surface area contributed by atoms with Crippen LogP contribution in [-0.2, 0) is 4.79 Å². The second-order valence-electron chi connectivity index (χ2n) is 5.29. The molecule has 1 heterocycles. The lowest BCUT2D eigenvalue weighted by molar-refractivity contribution is -0.119. The number of rotatable bonds is 3. The van der Waals surface area contributed by atoms with Gasteiger partial charge < -0.3 is 10.2 Å². The fourth-order valence-electron chi connectivity index (χ4n) is 2.75. The summed E-state index contributed by atoms with van der Waals surface area (Å²) in [4.78, 5) is 13.4. The SMILES string of the molecule is CCC1CC(NC(C)=O)CN(c2ccc(F)cc2)C1. The Morgan fingerprint density at radius 1 is 1.37 bits per heavy atom. The molecule has 0 bridgehead atoms. The zero-order valence-electron chi connectivity index (χ0n) is 11.5. The van der Waals surface area contributed by atoms with Crippen molar-refractivity contribution in [1.29, 1.82) is 0 Å². The van der Waals surface area contributed by atoms with Crippen molar-refractivity contribution in [1.82, 2.24) is 5.32 Å². The smallest absolute Gasteiger partial charge is 0.217 e. The minimum absolute atomic E-state index is 0.0146. The molecule has 1 saturated heterocycles. The van der Waals surface area contributed by atoms with Gasteiger partial charge in [-0.05, 0) is 36.6 Å². The molecule has 3 nitrogen and oxygen atoms in total. The minimum atomic E-state index is -0.216. The van der Waals surface area contributed by atoms with Crippen LogP contribution in [0.25, 0.3) is 0 Å². The highest BCUT2D eigenvalue weighted by molar-refractivity contribution is 5.73. The first kappa shape index (κ1) is 13.8. The van der Waals surface area contributed by atoms with Gasteiger partial charge in [0, 0.05) is 31.7 Å². The molecule has 2 atom stereocenters. The van der Waals surface area contributed by atoms with Gasteiger partial charge in [0.15, 0.2) is 0 Å². The number of hydrogen-bond donors (Lipinski definition) is 1. The second-order valence-corrected chi connectivity index (χ2v) is 5.29. The van der Waals surface area contributed by atoms with Crippen molar-refractivity contribution in [3.05, 3.63) is 30.1 Å². The van der Waals surface area contributed by atoms with Gasteiger partial charge in [0.25, 0.3) is 0 Å². The largest absolute Gasteiger partial charge is 0.369 e. The number of nitrogens with zero attached hydrogens (tertiary/aromatic N) is 1. The molecule has 0 radical (unpaired) electrons. The molecule has 0 aliphatic carbocycles. The van der Waals surface area contributed by atoms with Crippen LogP contribution in [0.1, 0.15) is 26.7 Å². The standard InChI is InChI=1S/C15H21FN2O/c1-3-12-8-14(17-11(2)19)10-18(9-12)15-6-4-13(16)5-7-15/h4-7,12,14H,3,8-10H2,1-2H3,(H,17,19). The lowest BCUT2D eigenvalue weighted by atomic mass is 9.91. The molecular weight excluding hydrogens is 243 g/mol. The number of carbonyl (C=O) groups is 1. The fraction of sp³-hybridized carbons (Fsp3) is 0.533. The van der Waals surface area contributed by atoms with Crippen LogP contribution in [0.2, 0.25) is 0 Å². The summed E-state index contributed by atoms with van der Waals surface area (Å²) in [5, 5.41) is 3.00. The predicted molar refractivity (Wildman–Crippen MR) is 74.6 cm³/mol. The highest BCUT2D eigenvalue weighted by Crippen LogP contribution is 2.25. The summed E-state index contributed by atoms with van der Waals surface area (Å²) < 4.78 is 13.0. The Labute approximate surface area is 113 Å². The highest BCUT2D eigenvalue weighted by atomic mass is 19.1. The number of carbonyl (C=O) groups excluding carboxylic acids is 1. The first-order valence-electron chi connectivity index (χ1n) is 6.86. The summed E-state index contributed by atoms with van der Waals surface area (Å²) in [6.45, 7) is 5.49. The van der Waals surface area contributed by atoms with Gasteiger partial charge in [0.1, 0.15) is 5.82 Å². The van der Waals surface area contributed by atoms with Crippen molar-refractivity contribution in [2.24, 2.45) is 5.92 Å². The number of piperidine rings is 1. The van der Waals surface area contributed by atoms with Gasteiger partial charge in [-0.3, -0.25) is 4.79 Å². The van der Waals surface area contributed by atoms with E-state index in [0.717, 1.165) is 31.6 Å². The maximum atomic E-state index is 13.0. The van der Waals surface area contributed by atoms with Crippen molar-refractivity contribution in [2.75, 3.05) is 18.0 Å². The average Bonchev–Trinajstić information content (AvgIpc) is 2.38. The van der Waals surface area contributed by atoms with Gasteiger partial charge in [-0.25, -0.2) is 4.39 Å². The Bertz CT molecular complexity index is 432. The van der Waals surface area contributed by atoms with E-state index in [1.807, 2.05) is 0 Å². The van der Waals surface area contributed by atoms with Gasteiger partial charge in [0.2, 0.25) is 5.91 Å². The topological polar surface area (TPSA) is 32.3 Å². The quantitative estimate of drug-likeness (QED) is 0.910. The third-order valence-electron chi connectivity index (χ3n) is 3.71. The molecule has 1 aromatic carbocycles. The average molecular weight is 264 g/mol. The summed E-state index contributed by atoms with van der Waals surface area (Å²) >= 11 is 0. The monoisotopic (exact) mass is 264 g/mol. The van der Waals surface area contributed by atoms with E-state index < -0.39 is 0 Å². The van der Waals surface area contributed by atoms with E-state index in [2.05, 4.69) is 17.1 Å². The Kier molecular flexibility index (Phi) is 4.40. The number of amides is 1. The molecule has 104 valence electrons. The third-order valence-corrected chi connectivity index (χ3v) is 3.71. The molecule has 1 aromatic rings. The van der Waals surface area contributed by atoms with Crippen molar-refractivity contribution < 1.29 is 9.18 Å². The van der Waals surface area contributed by atoms with E-state index in [9.17, 15) is 9.18 Å². The second kappa shape index (κ2) is 6.04. The molecule has 1 aliphatic rings. The Hall–Kier alpha value is -1.58. The van der Waals surface area contributed by atoms with Gasteiger partial charge in [0.05, 0.1) is 0 Å². The van der Waals surface area contributed by atoms with Crippen LogP contribution < -0.4 is 10.2 Å². The molecule has 4 heteroatoms. The zero-order valence-corrected chi connectivity index (χ0v) is 11.5. The summed E-state index contributed by atoms with van der Waals surface area (Å²) in [6, 6.07) is 6.76. The van der Waals surface area contributed by atoms with Crippen molar-refractivity contribution >= 4 is 11.6 Å². The summed E-state index contributed by atoms with van der Waals surface area (Å²) in [7, 11) is 0. The molecule has 1 N–H and O–H groups in total. The summed E-state index contributed by atoms with van der Waals surface area (Å²) in [5.74, 6) is 0.364. The normalized spacial score (nSPS) is 23.2. The molecule has 1 amide bonds. The lowest BCUT2D eigenvalue weighted by Gasteiger charge is -2.39. The van der Waals surface area contributed by atoms with Gasteiger partial charge >= 0.3 is 0 Å². The van der Waals surface area contributed by atoms with Gasteiger partial charge in [-0.2, -0.15) is 0 Å². The molecule has 2 unspecified atom stereocenters. The van der Waals surface area contributed by atoms with Crippen molar-refractivity contribution in [3.63, 3.8) is 0 Å². The molecule has 1 fully saturated rings. The van der Waals surface area contributed by atoms with E-state index in [1.54, 1.807) is 19.1 Å². The van der Waals surface area contributed by atoms with Crippen LogP contribution >= 0.6 is 0 Å². The molecule has 0 spiro atoms. The first-order chi connectivity index (χ1) is 9.08.